The second-order valence-electron chi connectivity index (χ2n) is 12.0. The van der Waals surface area contributed by atoms with Crippen molar-refractivity contribution in [3.8, 4) is 0 Å². The van der Waals surface area contributed by atoms with Crippen molar-refractivity contribution in [1.29, 1.82) is 0 Å². The van der Waals surface area contributed by atoms with Gasteiger partial charge in [0.05, 0.1) is 0 Å². The van der Waals surface area contributed by atoms with Crippen LogP contribution in [0.4, 0.5) is 0 Å². The monoisotopic (exact) mass is 635 g/mol. The summed E-state index contributed by atoms with van der Waals surface area (Å²) in [4.78, 5) is 0. The minimum atomic E-state index is -4.42. The standard InChI is InChI=1S/2C12H19.C2H7Si.2ClH.Hf/c2*1-5-6-10-7-8-11(9-10)12(2,3)4;1-3-2;;;/h2*7-9H,5-6H2,1-4H3;3H,1-2H3;2*1H;/q;;;;;+2/p-2. The van der Waals surface area contributed by atoms with E-state index in [0.717, 1.165) is 25.7 Å². The molecule has 0 bridgehead atoms. The molecule has 0 saturated carbocycles. The topological polar surface area (TPSA) is 0 Å². The maximum absolute atomic E-state index is 8.11. The van der Waals surface area contributed by atoms with Crippen LogP contribution in [0.2, 0.25) is 20.4 Å². The Morgan fingerprint density at radius 3 is 1.33 bits per heavy atom. The zero-order valence-corrected chi connectivity index (χ0v) is 27.4. The van der Waals surface area contributed by atoms with Crippen molar-refractivity contribution in [2.45, 2.75) is 102 Å². The molecule has 4 heteroatoms. The summed E-state index contributed by atoms with van der Waals surface area (Å²) in [5.41, 5.74) is 6.20. The van der Waals surface area contributed by atoms with Crippen LogP contribution < -0.4 is 0 Å². The fourth-order valence-electron chi connectivity index (χ4n) is 5.15. The molecule has 0 aromatic rings. The van der Waals surface area contributed by atoms with Crippen molar-refractivity contribution in [2.24, 2.45) is 10.8 Å². The number of halogens is 2. The molecule has 0 nitrogen and oxygen atoms in total. The van der Waals surface area contributed by atoms with Crippen molar-refractivity contribution in [3.63, 3.8) is 0 Å². The van der Waals surface area contributed by atoms with Gasteiger partial charge in [-0.15, -0.1) is 0 Å². The van der Waals surface area contributed by atoms with E-state index in [-0.39, 0.29) is 10.8 Å². The Labute approximate surface area is 196 Å². The van der Waals surface area contributed by atoms with E-state index in [9.17, 15) is 0 Å². The summed E-state index contributed by atoms with van der Waals surface area (Å²) in [6, 6.07) is 0. The fraction of sp³-hybridized carbons (Fsp3) is 0.692. The molecular weight excluding hydrogens is 590 g/mol. The van der Waals surface area contributed by atoms with Gasteiger partial charge in [0, 0.05) is 0 Å². The maximum atomic E-state index is 8.11. The number of rotatable bonds is 7. The number of hydrogen-bond donors (Lipinski definition) is 0. The van der Waals surface area contributed by atoms with Gasteiger partial charge in [-0.3, -0.25) is 0 Å². The van der Waals surface area contributed by atoms with Gasteiger partial charge in [0.15, 0.2) is 0 Å². The molecule has 0 aromatic carbocycles. The average molecular weight is 635 g/mol. The van der Waals surface area contributed by atoms with Gasteiger partial charge in [0.25, 0.3) is 0 Å². The van der Waals surface area contributed by atoms with Crippen LogP contribution >= 0.6 is 17.2 Å². The van der Waals surface area contributed by atoms with Crippen LogP contribution in [-0.2, 0) is 15.3 Å². The van der Waals surface area contributed by atoms with Crippen LogP contribution in [0.25, 0.3) is 0 Å². The van der Waals surface area contributed by atoms with E-state index < -0.39 is 21.3 Å². The zero-order valence-electron chi connectivity index (χ0n) is 21.1. The fourth-order valence-corrected chi connectivity index (χ4v) is 45.5. The molecule has 2 unspecified atom stereocenters. The van der Waals surface area contributed by atoms with Crippen molar-refractivity contribution >= 4 is 23.1 Å². The molecule has 2 atom stereocenters. The van der Waals surface area contributed by atoms with Crippen molar-refractivity contribution in [3.05, 3.63) is 46.6 Å². The van der Waals surface area contributed by atoms with Crippen LogP contribution in [0.3, 0.4) is 0 Å². The summed E-state index contributed by atoms with van der Waals surface area (Å²) >= 11 is -4.42. The first-order valence-corrected chi connectivity index (χ1v) is 34.2. The molecule has 0 aliphatic heterocycles. The summed E-state index contributed by atoms with van der Waals surface area (Å²) in [5, 5.41) is 0. The van der Waals surface area contributed by atoms with Gasteiger partial charge >= 0.3 is 197 Å². The molecule has 0 heterocycles. The molecule has 0 aromatic heterocycles. The molecule has 0 saturated heterocycles. The van der Waals surface area contributed by atoms with Crippen molar-refractivity contribution in [1.82, 2.24) is 0 Å². The van der Waals surface area contributed by atoms with Gasteiger partial charge in [0.1, 0.15) is 0 Å². The Hall–Kier alpha value is 0.627. The number of allylic oxidation sites excluding steroid dienone is 8. The first kappa shape index (κ1) is 26.9. The molecule has 0 amide bonds. The molecule has 2 rings (SSSR count). The molecule has 0 N–H and O–H groups in total. The Balaban J connectivity index is 2.73. The Kier molecular flexibility index (Phi) is 8.16. The Bertz CT molecular complexity index is 725. The van der Waals surface area contributed by atoms with Gasteiger partial charge in [0.2, 0.25) is 0 Å². The average Bonchev–Trinajstić information content (AvgIpc) is 3.20. The second-order valence-corrected chi connectivity index (χ2v) is 71.6. The van der Waals surface area contributed by atoms with E-state index >= 15 is 0 Å². The van der Waals surface area contributed by atoms with Gasteiger partial charge in [-0.1, -0.05) is 0 Å². The van der Waals surface area contributed by atoms with Gasteiger partial charge in [-0.2, -0.15) is 0 Å². The SMILES string of the molecule is CCCC1=CC(C(C)(C)C)=C[CH]1[Hf]([Cl])([Cl])([CH]1C=C(C(C)(C)C)C=C1CCC)[SiH](C)C. The summed E-state index contributed by atoms with van der Waals surface area (Å²) in [6.45, 7) is 23.3. The van der Waals surface area contributed by atoms with Crippen LogP contribution in [0.1, 0.15) is 81.1 Å². The quantitative estimate of drug-likeness (QED) is 0.245. The third-order valence-electron chi connectivity index (χ3n) is 7.27. The zero-order chi connectivity index (χ0) is 23.1. The van der Waals surface area contributed by atoms with Crippen molar-refractivity contribution < 1.29 is 15.3 Å². The van der Waals surface area contributed by atoms with E-state index in [1.165, 1.54) is 22.3 Å². The first-order chi connectivity index (χ1) is 13.6. The van der Waals surface area contributed by atoms with E-state index in [4.69, 9.17) is 17.2 Å². The summed E-state index contributed by atoms with van der Waals surface area (Å²) in [5.74, 6) is -1.33. The van der Waals surface area contributed by atoms with Crippen LogP contribution in [0.15, 0.2) is 46.6 Å². The van der Waals surface area contributed by atoms with Crippen LogP contribution in [0.5, 0.6) is 0 Å². The third kappa shape index (κ3) is 4.92. The summed E-state index contributed by atoms with van der Waals surface area (Å²) in [6.07, 6.45) is 14.5. The van der Waals surface area contributed by atoms with Gasteiger partial charge in [-0.25, -0.2) is 0 Å². The Morgan fingerprint density at radius 2 is 1.10 bits per heavy atom. The van der Waals surface area contributed by atoms with Gasteiger partial charge in [-0.05, 0) is 0 Å². The predicted octanol–water partition coefficient (Wildman–Crippen LogP) is 9.97. The predicted molar refractivity (Wildman–Crippen MR) is 139 cm³/mol. The van der Waals surface area contributed by atoms with Crippen LogP contribution in [-0.4, -0.2) is 5.98 Å². The van der Waals surface area contributed by atoms with E-state index in [1.54, 1.807) is 0 Å². The third-order valence-corrected chi connectivity index (χ3v) is 80.7. The molecular formula is C26H45Cl2HfSi. The minimum absolute atomic E-state index is 0.134. The molecule has 0 spiro atoms. The second kappa shape index (κ2) is 9.11. The molecule has 171 valence electrons. The number of hydrogen-bond acceptors (Lipinski definition) is 0. The van der Waals surface area contributed by atoms with E-state index in [2.05, 4.69) is 92.8 Å². The molecule has 30 heavy (non-hydrogen) atoms. The summed E-state index contributed by atoms with van der Waals surface area (Å²) in [7, 11) is 16.2. The van der Waals surface area contributed by atoms with Crippen molar-refractivity contribution in [2.75, 3.05) is 0 Å². The molecule has 0 fully saturated rings. The van der Waals surface area contributed by atoms with Gasteiger partial charge < -0.3 is 0 Å². The van der Waals surface area contributed by atoms with Crippen LogP contribution in [0, 0.1) is 10.8 Å². The molecule has 2 aliphatic carbocycles. The normalized spacial score (nSPS) is 24.4. The molecule has 0 radical (unpaired) electrons. The first-order valence-electron chi connectivity index (χ1n) is 12.0. The Morgan fingerprint density at radius 1 is 0.767 bits per heavy atom. The summed E-state index contributed by atoms with van der Waals surface area (Å²) < 4.78 is 0.596. The molecule has 2 aliphatic rings. The van der Waals surface area contributed by atoms with E-state index in [0.29, 0.717) is 7.35 Å². The van der Waals surface area contributed by atoms with E-state index in [1.807, 2.05) is 0 Å².